The van der Waals surface area contributed by atoms with Crippen LogP contribution in [0.5, 0.6) is 5.88 Å². The molecular formula is C27H24Cl2FN5O. The molecule has 0 bridgehead atoms. The topological polar surface area (TPSA) is 64.3 Å². The van der Waals surface area contributed by atoms with Crippen LogP contribution in [0, 0.1) is 5.82 Å². The lowest BCUT2D eigenvalue weighted by Gasteiger charge is -2.24. The number of halogens is 3. The zero-order valence-electron chi connectivity index (χ0n) is 20.0. The van der Waals surface area contributed by atoms with Crippen LogP contribution in [0.25, 0.3) is 28.1 Å². The summed E-state index contributed by atoms with van der Waals surface area (Å²) in [4.78, 5) is 13.9. The van der Waals surface area contributed by atoms with Crippen molar-refractivity contribution in [3.8, 4) is 17.3 Å². The molecule has 1 aromatic carbocycles. The van der Waals surface area contributed by atoms with Crippen molar-refractivity contribution in [2.75, 3.05) is 12.4 Å². The summed E-state index contributed by atoms with van der Waals surface area (Å²) in [5, 5.41) is 5.27. The molecule has 184 valence electrons. The number of rotatable bonds is 5. The summed E-state index contributed by atoms with van der Waals surface area (Å²) >= 11 is 12.7. The lowest BCUT2D eigenvalue weighted by atomic mass is 10.1. The van der Waals surface area contributed by atoms with E-state index in [1.165, 1.54) is 12.1 Å². The molecule has 36 heavy (non-hydrogen) atoms. The molecule has 6 nitrogen and oxygen atoms in total. The van der Waals surface area contributed by atoms with Crippen LogP contribution in [0.2, 0.25) is 0 Å². The van der Waals surface area contributed by atoms with Crippen molar-refractivity contribution in [3.63, 3.8) is 0 Å². The molecule has 2 aromatic rings. The second-order valence-corrected chi connectivity index (χ2v) is 9.60. The fourth-order valence-electron chi connectivity index (χ4n) is 4.29. The number of pyridine rings is 1. The van der Waals surface area contributed by atoms with Gasteiger partial charge in [-0.3, -0.25) is 4.99 Å². The predicted octanol–water partition coefficient (Wildman–Crippen LogP) is 7.06. The maximum absolute atomic E-state index is 14.2. The maximum atomic E-state index is 14.2. The van der Waals surface area contributed by atoms with E-state index in [9.17, 15) is 4.39 Å². The molecule has 0 unspecified atom stereocenters. The van der Waals surface area contributed by atoms with Gasteiger partial charge in [-0.15, -0.1) is 0 Å². The number of anilines is 2. The van der Waals surface area contributed by atoms with Crippen LogP contribution in [0.15, 0.2) is 69.8 Å². The van der Waals surface area contributed by atoms with Gasteiger partial charge in [-0.05, 0) is 69.2 Å². The Bertz CT molecular complexity index is 1570. The molecule has 1 N–H and O–H groups in total. The molecule has 5 rings (SSSR count). The lowest BCUT2D eigenvalue weighted by Crippen LogP contribution is -2.17. The molecule has 0 fully saturated rings. The number of benzene rings is 2. The Morgan fingerprint density at radius 3 is 2.69 bits per heavy atom. The number of hydrogen-bond acceptors (Lipinski definition) is 5. The summed E-state index contributed by atoms with van der Waals surface area (Å²) in [7, 11) is 1.57. The van der Waals surface area contributed by atoms with E-state index in [1.807, 2.05) is 44.2 Å². The molecule has 0 spiro atoms. The van der Waals surface area contributed by atoms with E-state index >= 15 is 0 Å². The number of nitrogens with one attached hydrogen (secondary N) is 1. The summed E-state index contributed by atoms with van der Waals surface area (Å²) in [5.41, 5.74) is 5.15. The fourth-order valence-corrected chi connectivity index (χ4v) is 4.66. The number of aromatic nitrogens is 3. The molecule has 9 heteroatoms. The number of methoxy groups -OCH3 is 1. The van der Waals surface area contributed by atoms with Gasteiger partial charge in [0.25, 0.3) is 0 Å². The van der Waals surface area contributed by atoms with Gasteiger partial charge in [-0.2, -0.15) is 0 Å². The summed E-state index contributed by atoms with van der Waals surface area (Å²) < 4.78 is 21.7. The van der Waals surface area contributed by atoms with Crippen LogP contribution < -0.4 is 15.4 Å². The first-order valence-electron chi connectivity index (χ1n) is 11.5. The summed E-state index contributed by atoms with van der Waals surface area (Å²) in [6.07, 6.45) is 4.82. The average Bonchev–Trinajstić information content (AvgIpc) is 2.85. The van der Waals surface area contributed by atoms with Crippen molar-refractivity contribution >= 4 is 51.3 Å². The highest BCUT2D eigenvalue weighted by molar-refractivity contribution is 6.40. The molecule has 2 aliphatic carbocycles. The van der Waals surface area contributed by atoms with E-state index in [0.29, 0.717) is 45.7 Å². The van der Waals surface area contributed by atoms with Crippen molar-refractivity contribution in [2.45, 2.75) is 32.7 Å². The quantitative estimate of drug-likeness (QED) is 0.284. The van der Waals surface area contributed by atoms with Gasteiger partial charge in [0.05, 0.1) is 45.6 Å². The highest BCUT2D eigenvalue weighted by Crippen LogP contribution is 2.37. The lowest BCUT2D eigenvalue weighted by molar-refractivity contribution is 0.400. The van der Waals surface area contributed by atoms with E-state index in [2.05, 4.69) is 14.9 Å². The van der Waals surface area contributed by atoms with E-state index in [4.69, 9.17) is 37.9 Å². The van der Waals surface area contributed by atoms with Crippen LogP contribution >= 0.6 is 23.2 Å². The van der Waals surface area contributed by atoms with Gasteiger partial charge in [0.15, 0.2) is 0 Å². The van der Waals surface area contributed by atoms with Crippen LogP contribution in [-0.2, 0) is 0 Å². The first-order chi connectivity index (χ1) is 17.3. The molecule has 3 aliphatic rings. The van der Waals surface area contributed by atoms with Gasteiger partial charge in [-0.1, -0.05) is 23.2 Å². The minimum Gasteiger partial charge on any atom is -0.480 e. The molecule has 0 radical (unpaired) electrons. The van der Waals surface area contributed by atoms with Gasteiger partial charge < -0.3 is 14.6 Å². The number of hydrogen-bond donors (Lipinski definition) is 1. The van der Waals surface area contributed by atoms with Gasteiger partial charge >= 0.3 is 0 Å². The average molecular weight is 524 g/mol. The first-order valence-corrected chi connectivity index (χ1v) is 12.3. The highest BCUT2D eigenvalue weighted by atomic mass is 35.5. The van der Waals surface area contributed by atoms with Crippen LogP contribution in [0.4, 0.5) is 15.8 Å². The second kappa shape index (κ2) is 9.91. The predicted molar refractivity (Wildman–Crippen MR) is 143 cm³/mol. The Balaban J connectivity index is 1.82. The highest BCUT2D eigenvalue weighted by Gasteiger charge is 2.21. The van der Waals surface area contributed by atoms with Gasteiger partial charge in [0.2, 0.25) is 5.88 Å². The Morgan fingerprint density at radius 1 is 1.11 bits per heavy atom. The number of fused-ring (bicyclic) bond motifs is 2. The largest absolute Gasteiger partial charge is 0.480 e. The van der Waals surface area contributed by atoms with Crippen LogP contribution in [-0.4, -0.2) is 27.7 Å². The first kappa shape index (κ1) is 24.3. The third-order valence-electron chi connectivity index (χ3n) is 5.82. The molecule has 0 saturated heterocycles. The molecule has 0 atom stereocenters. The van der Waals surface area contributed by atoms with Crippen molar-refractivity contribution in [2.24, 2.45) is 4.99 Å². The van der Waals surface area contributed by atoms with Gasteiger partial charge in [0, 0.05) is 29.0 Å². The Labute approximate surface area is 218 Å². The smallest absolute Gasteiger partial charge is 0.237 e. The Kier molecular flexibility index (Phi) is 6.69. The standard InChI is InChI=1S/C27H24Cl2FN5O/c1-15(2)32-22-14-26-24(13-21(22)33-20-5-4-10-31-27(20)36-3)34-23-11-16(30)6-9-25(23)35(26)17-7-8-18(28)19(29)12-17/h4-6,9-15,33H,7-8H2,1-3H3/b32-22+. The normalized spacial score (nSPS) is 14.6. The van der Waals surface area contributed by atoms with Crippen LogP contribution in [0.1, 0.15) is 26.7 Å². The van der Waals surface area contributed by atoms with E-state index in [-0.39, 0.29) is 11.9 Å². The van der Waals surface area contributed by atoms with Crippen molar-refractivity contribution in [1.29, 1.82) is 0 Å². The molecule has 1 aromatic heterocycles. The third kappa shape index (κ3) is 4.68. The van der Waals surface area contributed by atoms with Crippen molar-refractivity contribution in [1.82, 2.24) is 14.5 Å². The minimum absolute atomic E-state index is 0.0415. The Hall–Kier alpha value is -3.42. The second-order valence-electron chi connectivity index (χ2n) is 8.73. The van der Waals surface area contributed by atoms with E-state index in [1.54, 1.807) is 19.4 Å². The van der Waals surface area contributed by atoms with Crippen LogP contribution in [0.3, 0.4) is 0 Å². The van der Waals surface area contributed by atoms with Crippen molar-refractivity contribution in [3.05, 3.63) is 76.0 Å². The van der Waals surface area contributed by atoms with Crippen molar-refractivity contribution < 1.29 is 9.13 Å². The SMILES string of the molecule is COc1ncccc1Nc1cc2nc3cc(F)ccc3n(C3=CC(Cl)=C(Cl)CC3)c-2c/c1=N\C(C)C. The van der Waals surface area contributed by atoms with Gasteiger partial charge in [-0.25, -0.2) is 14.4 Å². The zero-order valence-corrected chi connectivity index (χ0v) is 21.5. The third-order valence-corrected chi connectivity index (χ3v) is 6.65. The zero-order chi connectivity index (χ0) is 25.4. The monoisotopic (exact) mass is 523 g/mol. The number of allylic oxidation sites excluding steroid dienone is 4. The molecular weight excluding hydrogens is 500 g/mol. The summed E-state index contributed by atoms with van der Waals surface area (Å²) in [6.45, 7) is 4.04. The minimum atomic E-state index is -0.357. The summed E-state index contributed by atoms with van der Waals surface area (Å²) in [6, 6.07) is 12.3. The van der Waals surface area contributed by atoms with Gasteiger partial charge in [0.1, 0.15) is 11.5 Å². The summed E-state index contributed by atoms with van der Waals surface area (Å²) in [5.74, 6) is 0.103. The van der Waals surface area contributed by atoms with E-state index in [0.717, 1.165) is 28.0 Å². The molecule has 2 heterocycles. The molecule has 0 amide bonds. The maximum Gasteiger partial charge on any atom is 0.237 e. The van der Waals surface area contributed by atoms with E-state index < -0.39 is 0 Å². The number of ether oxygens (including phenoxy) is 1. The number of nitrogens with zero attached hydrogens (tertiary/aromatic N) is 4. The molecule has 0 saturated carbocycles. The fraction of sp³-hybridized carbons (Fsp3) is 0.222. The Morgan fingerprint density at radius 2 is 1.94 bits per heavy atom. The molecule has 1 aliphatic heterocycles.